The van der Waals surface area contributed by atoms with E-state index in [1.807, 2.05) is 28.5 Å². The quantitative estimate of drug-likeness (QED) is 0.868. The normalized spacial score (nSPS) is 10.6. The molecule has 1 aromatic carbocycles. The third-order valence-corrected chi connectivity index (χ3v) is 3.61. The fourth-order valence-electron chi connectivity index (χ4n) is 1.87. The van der Waals surface area contributed by atoms with Crippen LogP contribution < -0.4 is 10.6 Å². The van der Waals surface area contributed by atoms with E-state index in [4.69, 9.17) is 5.73 Å². The molecule has 2 N–H and O–H groups in total. The number of nitrogens with zero attached hydrogens (tertiary/aromatic N) is 1. The van der Waals surface area contributed by atoms with E-state index in [9.17, 15) is 4.39 Å². The number of hydrogen-bond acceptors (Lipinski definition) is 3. The molecular weight excluding hydrogens is 247 g/mol. The molecule has 2 rings (SSSR count). The van der Waals surface area contributed by atoms with Crippen LogP contribution in [0, 0.1) is 5.82 Å². The maximum Gasteiger partial charge on any atom is 0.146 e. The van der Waals surface area contributed by atoms with Gasteiger partial charge in [0.15, 0.2) is 0 Å². The van der Waals surface area contributed by atoms with Crippen LogP contribution in [0.4, 0.5) is 10.1 Å². The van der Waals surface area contributed by atoms with Gasteiger partial charge in [-0.05, 0) is 36.5 Å². The molecule has 0 unspecified atom stereocenters. The van der Waals surface area contributed by atoms with Crippen molar-refractivity contribution in [3.05, 3.63) is 52.5 Å². The van der Waals surface area contributed by atoms with Crippen molar-refractivity contribution in [1.82, 2.24) is 0 Å². The topological polar surface area (TPSA) is 29.3 Å². The number of para-hydroxylation sites is 1. The number of anilines is 1. The van der Waals surface area contributed by atoms with Gasteiger partial charge in [0.05, 0.1) is 12.2 Å². The van der Waals surface area contributed by atoms with Crippen LogP contribution in [0.25, 0.3) is 0 Å². The largest absolute Gasteiger partial charge is 0.364 e. The maximum atomic E-state index is 13.8. The lowest BCUT2D eigenvalue weighted by Gasteiger charge is -2.24. The molecule has 1 heterocycles. The lowest BCUT2D eigenvalue weighted by atomic mass is 10.2. The average molecular weight is 264 g/mol. The van der Waals surface area contributed by atoms with E-state index in [-0.39, 0.29) is 5.82 Å². The molecule has 0 bridgehead atoms. The summed E-state index contributed by atoms with van der Waals surface area (Å²) in [6.07, 6.45) is 0.861. The summed E-state index contributed by atoms with van der Waals surface area (Å²) >= 11 is 1.69. The van der Waals surface area contributed by atoms with Gasteiger partial charge in [-0.2, -0.15) is 0 Å². The van der Waals surface area contributed by atoms with E-state index in [0.29, 0.717) is 12.2 Å². The Bertz CT molecular complexity index is 470. The van der Waals surface area contributed by atoms with Crippen molar-refractivity contribution in [3.63, 3.8) is 0 Å². The van der Waals surface area contributed by atoms with Gasteiger partial charge in [-0.15, -0.1) is 11.3 Å². The predicted octanol–water partition coefficient (Wildman–Crippen LogP) is 3.24. The van der Waals surface area contributed by atoms with Crippen molar-refractivity contribution in [2.45, 2.75) is 13.0 Å². The van der Waals surface area contributed by atoms with Crippen molar-refractivity contribution >= 4 is 17.0 Å². The minimum Gasteiger partial charge on any atom is -0.364 e. The summed E-state index contributed by atoms with van der Waals surface area (Å²) in [6, 6.07) is 11.0. The highest BCUT2D eigenvalue weighted by molar-refractivity contribution is 7.09. The Morgan fingerprint density at radius 2 is 2.00 bits per heavy atom. The second-order valence-corrected chi connectivity index (χ2v) is 5.13. The molecule has 2 aromatic rings. The molecule has 0 saturated carbocycles. The first-order valence-corrected chi connectivity index (χ1v) is 6.91. The van der Waals surface area contributed by atoms with Gasteiger partial charge < -0.3 is 10.6 Å². The monoisotopic (exact) mass is 264 g/mol. The molecule has 1 aromatic heterocycles. The average Bonchev–Trinajstić information content (AvgIpc) is 2.88. The highest BCUT2D eigenvalue weighted by atomic mass is 32.1. The van der Waals surface area contributed by atoms with Crippen LogP contribution in [0.15, 0.2) is 41.8 Å². The van der Waals surface area contributed by atoms with Crippen molar-refractivity contribution in [2.24, 2.45) is 5.73 Å². The van der Waals surface area contributed by atoms with E-state index in [0.717, 1.165) is 19.5 Å². The minimum atomic E-state index is -0.175. The van der Waals surface area contributed by atoms with Crippen molar-refractivity contribution < 1.29 is 4.39 Å². The Labute approximate surface area is 111 Å². The number of rotatable bonds is 6. The Morgan fingerprint density at radius 1 is 1.17 bits per heavy atom. The summed E-state index contributed by atoms with van der Waals surface area (Å²) in [4.78, 5) is 3.28. The molecular formula is C14H17FN2S. The van der Waals surface area contributed by atoms with Crippen LogP contribution in [0.3, 0.4) is 0 Å². The number of nitrogens with two attached hydrogens (primary N) is 1. The van der Waals surface area contributed by atoms with Gasteiger partial charge in [-0.1, -0.05) is 18.2 Å². The van der Waals surface area contributed by atoms with Gasteiger partial charge in [0, 0.05) is 11.4 Å². The fraction of sp³-hybridized carbons (Fsp3) is 0.286. The summed E-state index contributed by atoms with van der Waals surface area (Å²) in [6.45, 7) is 2.13. The van der Waals surface area contributed by atoms with E-state index < -0.39 is 0 Å². The van der Waals surface area contributed by atoms with Crippen molar-refractivity contribution in [1.29, 1.82) is 0 Å². The van der Waals surface area contributed by atoms with Gasteiger partial charge >= 0.3 is 0 Å². The molecule has 0 aliphatic heterocycles. The SMILES string of the molecule is NCCCN(Cc1cccs1)c1ccccc1F. The van der Waals surface area contributed by atoms with Crippen LogP contribution in [-0.2, 0) is 6.54 Å². The first-order chi connectivity index (χ1) is 8.81. The maximum absolute atomic E-state index is 13.8. The van der Waals surface area contributed by atoms with Gasteiger partial charge in [-0.3, -0.25) is 0 Å². The van der Waals surface area contributed by atoms with Crippen LogP contribution in [-0.4, -0.2) is 13.1 Å². The molecule has 96 valence electrons. The molecule has 0 spiro atoms. The van der Waals surface area contributed by atoms with Gasteiger partial charge in [-0.25, -0.2) is 4.39 Å². The predicted molar refractivity (Wildman–Crippen MR) is 75.4 cm³/mol. The fourth-order valence-corrected chi connectivity index (χ4v) is 2.59. The molecule has 18 heavy (non-hydrogen) atoms. The van der Waals surface area contributed by atoms with Gasteiger partial charge in [0.25, 0.3) is 0 Å². The number of thiophene rings is 1. The zero-order valence-corrected chi connectivity index (χ0v) is 11.0. The highest BCUT2D eigenvalue weighted by Crippen LogP contribution is 2.22. The molecule has 0 aliphatic carbocycles. The molecule has 0 atom stereocenters. The van der Waals surface area contributed by atoms with E-state index in [1.165, 1.54) is 10.9 Å². The number of benzene rings is 1. The van der Waals surface area contributed by atoms with E-state index in [1.54, 1.807) is 17.4 Å². The minimum absolute atomic E-state index is 0.175. The Morgan fingerprint density at radius 3 is 2.67 bits per heavy atom. The van der Waals surface area contributed by atoms with E-state index in [2.05, 4.69) is 6.07 Å². The third-order valence-electron chi connectivity index (χ3n) is 2.75. The molecule has 0 fully saturated rings. The Hall–Kier alpha value is -1.39. The van der Waals surface area contributed by atoms with Crippen LogP contribution in [0.5, 0.6) is 0 Å². The Kier molecular flexibility index (Phi) is 4.73. The second-order valence-electron chi connectivity index (χ2n) is 4.09. The Balaban J connectivity index is 2.16. The van der Waals surface area contributed by atoms with Crippen LogP contribution >= 0.6 is 11.3 Å². The summed E-state index contributed by atoms with van der Waals surface area (Å²) in [5, 5.41) is 2.04. The number of hydrogen-bond donors (Lipinski definition) is 1. The van der Waals surface area contributed by atoms with Gasteiger partial charge in [0.2, 0.25) is 0 Å². The first kappa shape index (κ1) is 13.1. The number of halogens is 1. The van der Waals surface area contributed by atoms with Crippen LogP contribution in [0.1, 0.15) is 11.3 Å². The smallest absolute Gasteiger partial charge is 0.146 e. The molecule has 0 saturated heterocycles. The van der Waals surface area contributed by atoms with Crippen molar-refractivity contribution in [3.8, 4) is 0 Å². The first-order valence-electron chi connectivity index (χ1n) is 6.03. The summed E-state index contributed by atoms with van der Waals surface area (Å²) in [7, 11) is 0. The summed E-state index contributed by atoms with van der Waals surface area (Å²) in [5.41, 5.74) is 6.20. The molecule has 0 amide bonds. The molecule has 2 nitrogen and oxygen atoms in total. The standard InChI is InChI=1S/C14H17FN2S/c15-13-6-1-2-7-14(13)17(9-4-8-16)11-12-5-3-10-18-12/h1-3,5-7,10H,4,8-9,11,16H2. The lowest BCUT2D eigenvalue weighted by Crippen LogP contribution is -2.26. The second kappa shape index (κ2) is 6.52. The molecule has 0 aliphatic rings. The molecule has 0 radical (unpaired) electrons. The highest BCUT2D eigenvalue weighted by Gasteiger charge is 2.11. The van der Waals surface area contributed by atoms with E-state index >= 15 is 0 Å². The zero-order valence-electron chi connectivity index (χ0n) is 10.2. The van der Waals surface area contributed by atoms with Crippen molar-refractivity contribution in [2.75, 3.05) is 18.0 Å². The molecule has 4 heteroatoms. The summed E-state index contributed by atoms with van der Waals surface area (Å²) < 4.78 is 13.8. The van der Waals surface area contributed by atoms with Gasteiger partial charge in [0.1, 0.15) is 5.82 Å². The third kappa shape index (κ3) is 3.31. The van der Waals surface area contributed by atoms with Crippen LogP contribution in [0.2, 0.25) is 0 Å². The summed E-state index contributed by atoms with van der Waals surface area (Å²) in [5.74, 6) is -0.175. The zero-order chi connectivity index (χ0) is 12.8. The lowest BCUT2D eigenvalue weighted by molar-refractivity contribution is 0.613.